The average molecular weight is 861 g/mol. The molecule has 2 aliphatic rings. The topological polar surface area (TPSA) is 122 Å². The number of allylic oxidation sites excluding steroid dienone is 1. The summed E-state index contributed by atoms with van der Waals surface area (Å²) in [6.45, 7) is 8.98. The molecule has 0 aliphatic carbocycles. The molecule has 1 unspecified atom stereocenters. The Hall–Kier alpha value is -4.88. The molecule has 12 heteroatoms. The molecule has 9 atom stereocenters. The van der Waals surface area contributed by atoms with Gasteiger partial charge in [-0.05, 0) is 109 Å². The fourth-order valence-electron chi connectivity index (χ4n) is 9.08. The molecule has 8 nitrogen and oxygen atoms in total. The summed E-state index contributed by atoms with van der Waals surface area (Å²) >= 11 is 0. The van der Waals surface area contributed by atoms with Crippen LogP contribution in [-0.2, 0) is 35.5 Å². The first-order chi connectivity index (χ1) is 29.6. The highest BCUT2D eigenvalue weighted by molar-refractivity contribution is 5.81. The van der Waals surface area contributed by atoms with Crippen LogP contribution in [0.5, 0.6) is 0 Å². The Balaban J connectivity index is 0.000000235. The highest BCUT2D eigenvalue weighted by Crippen LogP contribution is 2.34. The van der Waals surface area contributed by atoms with Gasteiger partial charge in [-0.15, -0.1) is 6.58 Å². The molecule has 0 radical (unpaired) electrons. The number of likely N-dealkylation sites (tertiary alicyclic amines) is 2. The van der Waals surface area contributed by atoms with Crippen LogP contribution in [0.15, 0.2) is 110 Å². The third-order valence-corrected chi connectivity index (χ3v) is 12.1. The highest BCUT2D eigenvalue weighted by Gasteiger charge is 2.41. The molecule has 0 bridgehead atoms. The third-order valence-electron chi connectivity index (χ3n) is 12.1. The van der Waals surface area contributed by atoms with E-state index in [-0.39, 0.29) is 42.6 Å². The molecule has 334 valence electrons. The van der Waals surface area contributed by atoms with Gasteiger partial charge in [-0.1, -0.05) is 80.6 Å². The Morgan fingerprint density at radius 2 is 1.02 bits per heavy atom. The second-order valence-electron chi connectivity index (χ2n) is 17.3. The van der Waals surface area contributed by atoms with Crippen molar-refractivity contribution >= 4 is 11.8 Å². The van der Waals surface area contributed by atoms with Gasteiger partial charge in [-0.2, -0.15) is 0 Å². The molecular formula is C50H60F4N2O6. The number of amides is 2. The van der Waals surface area contributed by atoms with E-state index in [4.69, 9.17) is 0 Å². The fraction of sp³-hybridized carbons (Fsp3) is 0.440. The van der Waals surface area contributed by atoms with Crippen molar-refractivity contribution in [2.75, 3.05) is 19.7 Å². The molecule has 0 aromatic heterocycles. The van der Waals surface area contributed by atoms with E-state index < -0.39 is 59.3 Å². The van der Waals surface area contributed by atoms with Crippen molar-refractivity contribution in [2.45, 2.75) is 83.8 Å². The molecule has 4 aromatic carbocycles. The molecule has 2 fully saturated rings. The summed E-state index contributed by atoms with van der Waals surface area (Å²) < 4.78 is 54.1. The monoisotopic (exact) mass is 860 g/mol. The molecular weight excluding hydrogens is 801 g/mol. The first kappa shape index (κ1) is 48.2. The van der Waals surface area contributed by atoms with E-state index in [1.807, 2.05) is 78.6 Å². The van der Waals surface area contributed by atoms with Crippen molar-refractivity contribution in [3.63, 3.8) is 0 Å². The summed E-state index contributed by atoms with van der Waals surface area (Å²) in [7, 11) is 0. The summed E-state index contributed by atoms with van der Waals surface area (Å²) in [6, 6.07) is 26.0. The van der Waals surface area contributed by atoms with Gasteiger partial charge in [0.15, 0.2) is 0 Å². The second kappa shape index (κ2) is 23.0. The predicted octanol–water partition coefficient (Wildman–Crippen LogP) is 7.66. The van der Waals surface area contributed by atoms with Crippen LogP contribution in [0.4, 0.5) is 17.6 Å². The van der Waals surface area contributed by atoms with E-state index >= 15 is 0 Å². The lowest BCUT2D eigenvalue weighted by Gasteiger charge is -2.41. The molecule has 2 amide bonds. The number of carbonyl (C=O) groups excluding carboxylic acids is 2. The van der Waals surface area contributed by atoms with Crippen molar-refractivity contribution < 1.29 is 47.6 Å². The van der Waals surface area contributed by atoms with Crippen LogP contribution in [0.3, 0.4) is 0 Å². The summed E-state index contributed by atoms with van der Waals surface area (Å²) in [5.74, 6) is -4.70. The van der Waals surface area contributed by atoms with E-state index in [0.717, 1.165) is 29.7 Å². The van der Waals surface area contributed by atoms with Crippen LogP contribution in [0.1, 0.15) is 61.8 Å². The van der Waals surface area contributed by atoms with Crippen molar-refractivity contribution in [3.8, 4) is 0 Å². The number of carbonyl (C=O) groups is 2. The minimum Gasteiger partial charge on any atom is -0.394 e. The van der Waals surface area contributed by atoms with E-state index in [0.29, 0.717) is 63.0 Å². The summed E-state index contributed by atoms with van der Waals surface area (Å²) in [6.07, 6.45) is 1.63. The standard InChI is InChI=1S/C25H31F2NO4.C25H29F2NO2/c1-16(7-18-8-20(26)12-21(27)9-18)24(31)23-11-19(10-22(30)15-29)14-28(25(23)32)13-17-5-3-2-4-6-17;1-3-7-19-13-23(25(30)28(16-19)15-18-8-5-4-6-9-18)24(29)17(2)10-20-11-21(26)14-22(27)12-20/h2-6,8-9,12,16,19,22-24,29-31H,7,10-11,13-15H2,1H3;3-6,8-9,11-12,14,17,19,23-24,29H,1,7,10,13,15-16H2,2H3/t16-,19+,22?,23-,24-;17-,19+,23-,24-/m00/s1. The molecule has 0 saturated carbocycles. The van der Waals surface area contributed by atoms with Crippen LogP contribution < -0.4 is 0 Å². The van der Waals surface area contributed by atoms with Crippen molar-refractivity contribution in [1.29, 1.82) is 0 Å². The number of piperidine rings is 2. The molecule has 2 heterocycles. The number of rotatable bonds is 17. The van der Waals surface area contributed by atoms with Crippen LogP contribution in [0.2, 0.25) is 0 Å². The maximum Gasteiger partial charge on any atom is 0.228 e. The number of hydrogen-bond acceptors (Lipinski definition) is 6. The van der Waals surface area contributed by atoms with Gasteiger partial charge in [0.05, 0.1) is 36.8 Å². The number of nitrogens with zero attached hydrogens (tertiary/aromatic N) is 2. The minimum atomic E-state index is -1.01. The number of hydrogen-bond donors (Lipinski definition) is 4. The molecule has 2 aliphatic heterocycles. The maximum absolute atomic E-state index is 13.6. The SMILES string of the molecule is C=CC[C@@H]1C[C@@H]([C@@H](O)[C@@H](C)Cc2cc(F)cc(F)c2)C(=O)N(Cc2ccccc2)C1.C[C@@H](Cc1cc(F)cc(F)c1)[C@H](O)[C@@H]1C[C@@H](CC(O)CO)CN(Cc2ccccc2)C1=O. The molecule has 0 spiro atoms. The quantitative estimate of drug-likeness (QED) is 0.0640. The summed E-state index contributed by atoms with van der Waals surface area (Å²) in [5, 5.41) is 41.3. The normalized spacial score (nSPS) is 21.6. The van der Waals surface area contributed by atoms with Gasteiger partial charge in [0.25, 0.3) is 0 Å². The maximum atomic E-state index is 13.6. The van der Waals surface area contributed by atoms with Crippen LogP contribution in [-0.4, -0.2) is 80.0 Å². The van der Waals surface area contributed by atoms with E-state index in [9.17, 15) is 47.6 Å². The minimum absolute atomic E-state index is 0.0658. The average Bonchev–Trinajstić information content (AvgIpc) is 3.22. The van der Waals surface area contributed by atoms with Gasteiger partial charge in [-0.3, -0.25) is 9.59 Å². The van der Waals surface area contributed by atoms with Crippen molar-refractivity contribution in [3.05, 3.63) is 155 Å². The fourth-order valence-corrected chi connectivity index (χ4v) is 9.08. The van der Waals surface area contributed by atoms with Crippen LogP contribution in [0, 0.1) is 58.8 Å². The van der Waals surface area contributed by atoms with Crippen molar-refractivity contribution in [1.82, 2.24) is 9.80 Å². The Morgan fingerprint density at radius 1 is 0.629 bits per heavy atom. The lowest BCUT2D eigenvalue weighted by atomic mass is 9.77. The number of aliphatic hydroxyl groups excluding tert-OH is 4. The zero-order valence-corrected chi connectivity index (χ0v) is 35.5. The van der Waals surface area contributed by atoms with E-state index in [2.05, 4.69) is 6.58 Å². The number of halogens is 4. The Labute approximate surface area is 362 Å². The lowest BCUT2D eigenvalue weighted by Crippen LogP contribution is -2.50. The van der Waals surface area contributed by atoms with Gasteiger partial charge < -0.3 is 30.2 Å². The van der Waals surface area contributed by atoms with Crippen molar-refractivity contribution in [2.24, 2.45) is 35.5 Å². The molecule has 62 heavy (non-hydrogen) atoms. The van der Waals surface area contributed by atoms with Gasteiger partial charge in [0.2, 0.25) is 11.8 Å². The zero-order valence-electron chi connectivity index (χ0n) is 35.5. The lowest BCUT2D eigenvalue weighted by molar-refractivity contribution is -0.149. The third kappa shape index (κ3) is 13.8. The highest BCUT2D eigenvalue weighted by atomic mass is 19.1. The second-order valence-corrected chi connectivity index (χ2v) is 17.3. The number of aliphatic hydroxyl groups is 4. The Morgan fingerprint density at radius 3 is 1.40 bits per heavy atom. The van der Waals surface area contributed by atoms with E-state index in [1.165, 1.54) is 24.3 Å². The van der Waals surface area contributed by atoms with E-state index in [1.54, 1.807) is 11.8 Å². The molecule has 4 aromatic rings. The van der Waals surface area contributed by atoms with Gasteiger partial charge >= 0.3 is 0 Å². The predicted molar refractivity (Wildman–Crippen MR) is 230 cm³/mol. The molecule has 4 N–H and O–H groups in total. The summed E-state index contributed by atoms with van der Waals surface area (Å²) in [5.41, 5.74) is 2.90. The van der Waals surface area contributed by atoms with Crippen LogP contribution >= 0.6 is 0 Å². The Kier molecular flexibility index (Phi) is 17.9. The van der Waals surface area contributed by atoms with Gasteiger partial charge in [-0.25, -0.2) is 17.6 Å². The first-order valence-corrected chi connectivity index (χ1v) is 21.4. The summed E-state index contributed by atoms with van der Waals surface area (Å²) in [4.78, 5) is 30.0. The zero-order chi connectivity index (χ0) is 44.9. The largest absolute Gasteiger partial charge is 0.394 e. The number of benzene rings is 4. The Bertz CT molecular complexity index is 2020. The van der Waals surface area contributed by atoms with Gasteiger partial charge in [0.1, 0.15) is 23.3 Å². The van der Waals surface area contributed by atoms with Gasteiger partial charge in [0, 0.05) is 38.3 Å². The smallest absolute Gasteiger partial charge is 0.228 e. The molecule has 6 rings (SSSR count). The van der Waals surface area contributed by atoms with Crippen LogP contribution in [0.25, 0.3) is 0 Å². The first-order valence-electron chi connectivity index (χ1n) is 21.4. The molecule has 2 saturated heterocycles.